The Bertz CT molecular complexity index is 1910. The first-order valence-corrected chi connectivity index (χ1v) is 16.1. The van der Waals surface area contributed by atoms with E-state index in [4.69, 9.17) is 9.47 Å². The minimum atomic E-state index is -3.76. The summed E-state index contributed by atoms with van der Waals surface area (Å²) in [6.07, 6.45) is -4.95. The molecule has 10 heteroatoms. The summed E-state index contributed by atoms with van der Waals surface area (Å²) in [6.45, 7) is 5.41. The van der Waals surface area contributed by atoms with E-state index in [2.05, 4.69) is 9.47 Å². The number of ether oxygens (including phenoxy) is 4. The van der Waals surface area contributed by atoms with Gasteiger partial charge in [-0.3, -0.25) is 4.79 Å². The van der Waals surface area contributed by atoms with Gasteiger partial charge in [-0.1, -0.05) is 80.6 Å². The van der Waals surface area contributed by atoms with E-state index in [-0.39, 0.29) is 48.8 Å². The molecule has 6 rings (SSSR count). The molecule has 0 fully saturated rings. The SMILES string of the molecule is CC(C)(COCc1ccccc1)c1cc2cc(CC(=O)Cc3ccc4c(c3)OC(F)(F)O4)c(F)cc2n1C[C@@H](O)COCc1ccccc1. The summed E-state index contributed by atoms with van der Waals surface area (Å²) in [5.41, 5.74) is 3.54. The first kappa shape index (κ1) is 34.2. The molecule has 0 radical (unpaired) electrons. The second-order valence-corrected chi connectivity index (χ2v) is 13.0. The largest absolute Gasteiger partial charge is 0.586 e. The fraction of sp³-hybridized carbons (Fsp3) is 0.308. The number of alkyl halides is 2. The first-order valence-electron chi connectivity index (χ1n) is 16.1. The standard InChI is InChI=1S/C39H38F3NO6/c1-38(2,25-47-23-27-11-7-4-8-12-27)37-19-30-17-29(18-31(44)15-28-13-14-35-36(16-28)49-39(41,42)48-35)33(40)20-34(30)43(37)21-32(45)24-46-22-26-9-5-3-6-10-26/h3-14,16-17,19-20,32,45H,15,18,21-25H2,1-2H3/t32-/m1/s1. The van der Waals surface area contributed by atoms with Gasteiger partial charge in [-0.2, -0.15) is 0 Å². The summed E-state index contributed by atoms with van der Waals surface area (Å²) in [7, 11) is 0. The molecule has 1 aliphatic rings. The van der Waals surface area contributed by atoms with E-state index in [1.165, 1.54) is 24.3 Å². The van der Waals surface area contributed by atoms with Crippen molar-refractivity contribution >= 4 is 16.7 Å². The Morgan fingerprint density at radius 3 is 2.18 bits per heavy atom. The maximum Gasteiger partial charge on any atom is 0.586 e. The summed E-state index contributed by atoms with van der Waals surface area (Å²) >= 11 is 0. The number of halogens is 3. The summed E-state index contributed by atoms with van der Waals surface area (Å²) in [5.74, 6) is -1.13. The Hall–Kier alpha value is -4.64. The molecule has 0 spiro atoms. The smallest absolute Gasteiger partial charge is 0.395 e. The molecular weight excluding hydrogens is 635 g/mol. The summed E-state index contributed by atoms with van der Waals surface area (Å²) < 4.78 is 65.3. The molecule has 0 saturated carbocycles. The molecule has 7 nitrogen and oxygen atoms in total. The van der Waals surface area contributed by atoms with Crippen molar-refractivity contribution in [1.82, 2.24) is 4.57 Å². The van der Waals surface area contributed by atoms with Gasteiger partial charge in [0.05, 0.1) is 44.6 Å². The third-order valence-corrected chi connectivity index (χ3v) is 8.41. The maximum absolute atomic E-state index is 15.7. The van der Waals surface area contributed by atoms with Crippen molar-refractivity contribution in [2.24, 2.45) is 0 Å². The molecule has 1 N–H and O–H groups in total. The lowest BCUT2D eigenvalue weighted by Crippen LogP contribution is -2.30. The number of nitrogens with zero attached hydrogens (tertiary/aromatic N) is 1. The van der Waals surface area contributed by atoms with Gasteiger partial charge < -0.3 is 28.6 Å². The number of Topliss-reactive ketones (excluding diaryl/α,β-unsaturated/α-hetero) is 1. The highest BCUT2D eigenvalue weighted by Crippen LogP contribution is 2.41. The van der Waals surface area contributed by atoms with Crippen molar-refractivity contribution < 1.29 is 42.0 Å². The lowest BCUT2D eigenvalue weighted by molar-refractivity contribution is -0.286. The number of carbonyl (C=O) groups excluding carboxylic acids is 1. The van der Waals surface area contributed by atoms with Crippen LogP contribution in [-0.2, 0) is 52.3 Å². The van der Waals surface area contributed by atoms with Crippen LogP contribution in [0, 0.1) is 5.82 Å². The normalized spacial score (nSPS) is 14.3. The quantitative estimate of drug-likeness (QED) is 0.124. The lowest BCUT2D eigenvalue weighted by Gasteiger charge is -2.28. The minimum Gasteiger partial charge on any atom is -0.395 e. The van der Waals surface area contributed by atoms with Gasteiger partial charge in [0.1, 0.15) is 11.6 Å². The molecule has 256 valence electrons. The monoisotopic (exact) mass is 673 g/mol. The number of carbonyl (C=O) groups is 1. The van der Waals surface area contributed by atoms with Gasteiger partial charge in [-0.25, -0.2) is 4.39 Å². The van der Waals surface area contributed by atoms with E-state index in [9.17, 15) is 18.7 Å². The number of hydrogen-bond acceptors (Lipinski definition) is 6. The number of aliphatic hydroxyl groups is 1. The van der Waals surface area contributed by atoms with Gasteiger partial charge in [0.15, 0.2) is 11.5 Å². The van der Waals surface area contributed by atoms with Gasteiger partial charge in [-0.15, -0.1) is 8.78 Å². The topological polar surface area (TPSA) is 79.2 Å². The number of hydrogen-bond donors (Lipinski definition) is 1. The molecule has 1 aromatic heterocycles. The predicted molar refractivity (Wildman–Crippen MR) is 178 cm³/mol. The molecule has 5 aromatic rings. The molecule has 4 aromatic carbocycles. The molecule has 0 aliphatic carbocycles. The van der Waals surface area contributed by atoms with Gasteiger partial charge in [0, 0.05) is 29.3 Å². The van der Waals surface area contributed by atoms with E-state index in [0.717, 1.165) is 16.8 Å². The van der Waals surface area contributed by atoms with Crippen LogP contribution < -0.4 is 9.47 Å². The zero-order chi connectivity index (χ0) is 34.6. The van der Waals surface area contributed by atoms with Crippen LogP contribution in [0.2, 0.25) is 0 Å². The average Bonchev–Trinajstić information content (AvgIpc) is 3.57. The van der Waals surface area contributed by atoms with Crippen molar-refractivity contribution in [1.29, 1.82) is 0 Å². The molecular formula is C39H38F3NO6. The van der Waals surface area contributed by atoms with Crippen molar-refractivity contribution in [3.05, 3.63) is 131 Å². The van der Waals surface area contributed by atoms with Gasteiger partial charge in [-0.05, 0) is 52.6 Å². The summed E-state index contributed by atoms with van der Waals surface area (Å²) in [4.78, 5) is 13.1. The van der Waals surface area contributed by atoms with Crippen LogP contribution >= 0.6 is 0 Å². The highest BCUT2D eigenvalue weighted by Gasteiger charge is 2.43. The third-order valence-electron chi connectivity index (χ3n) is 8.41. The van der Waals surface area contributed by atoms with Gasteiger partial charge in [0.2, 0.25) is 0 Å². The van der Waals surface area contributed by atoms with Crippen LogP contribution in [-0.4, -0.2) is 41.1 Å². The van der Waals surface area contributed by atoms with Crippen LogP contribution in [0.4, 0.5) is 13.2 Å². The van der Waals surface area contributed by atoms with Gasteiger partial charge >= 0.3 is 6.29 Å². The second-order valence-electron chi connectivity index (χ2n) is 13.0. The van der Waals surface area contributed by atoms with Crippen LogP contribution in [0.15, 0.2) is 97.1 Å². The Balaban J connectivity index is 1.21. The third kappa shape index (κ3) is 8.51. The molecule has 1 atom stereocenters. The number of fused-ring (bicyclic) bond motifs is 2. The molecule has 0 saturated heterocycles. The van der Waals surface area contributed by atoms with E-state index in [0.29, 0.717) is 36.3 Å². The number of ketones is 1. The van der Waals surface area contributed by atoms with E-state index in [1.54, 1.807) is 6.07 Å². The highest BCUT2D eigenvalue weighted by atomic mass is 19.3. The predicted octanol–water partition coefficient (Wildman–Crippen LogP) is 7.53. The number of benzene rings is 4. The highest BCUT2D eigenvalue weighted by molar-refractivity contribution is 5.87. The Morgan fingerprint density at radius 1 is 0.837 bits per heavy atom. The molecule has 2 heterocycles. The fourth-order valence-corrected chi connectivity index (χ4v) is 6.05. The summed E-state index contributed by atoms with van der Waals surface area (Å²) in [6, 6.07) is 28.7. The number of aromatic nitrogens is 1. The van der Waals surface area contributed by atoms with E-state index in [1.807, 2.05) is 85.1 Å². The molecule has 0 amide bonds. The zero-order valence-electron chi connectivity index (χ0n) is 27.3. The minimum absolute atomic E-state index is 0.0749. The molecule has 49 heavy (non-hydrogen) atoms. The fourth-order valence-electron chi connectivity index (χ4n) is 6.05. The Labute approximate surface area is 282 Å². The van der Waals surface area contributed by atoms with Crippen molar-refractivity contribution in [2.75, 3.05) is 13.2 Å². The van der Waals surface area contributed by atoms with Crippen LogP contribution in [0.5, 0.6) is 11.5 Å². The van der Waals surface area contributed by atoms with E-state index < -0.39 is 23.6 Å². The Kier molecular flexibility index (Phi) is 10.1. The van der Waals surface area contributed by atoms with Crippen LogP contribution in [0.1, 0.15) is 41.8 Å². The molecule has 0 unspecified atom stereocenters. The van der Waals surface area contributed by atoms with Crippen molar-refractivity contribution in [3.8, 4) is 11.5 Å². The van der Waals surface area contributed by atoms with Crippen LogP contribution in [0.25, 0.3) is 10.9 Å². The number of rotatable bonds is 15. The first-order chi connectivity index (χ1) is 23.5. The Morgan fingerprint density at radius 2 is 1.49 bits per heavy atom. The maximum atomic E-state index is 15.7. The van der Waals surface area contributed by atoms with Crippen molar-refractivity contribution in [3.63, 3.8) is 0 Å². The average molecular weight is 674 g/mol. The van der Waals surface area contributed by atoms with E-state index >= 15 is 4.39 Å². The van der Waals surface area contributed by atoms with Gasteiger partial charge in [0.25, 0.3) is 0 Å². The molecule has 1 aliphatic heterocycles. The van der Waals surface area contributed by atoms with Crippen LogP contribution in [0.3, 0.4) is 0 Å². The lowest BCUT2D eigenvalue weighted by atomic mass is 9.90. The second kappa shape index (κ2) is 14.5. The number of aliphatic hydroxyl groups excluding tert-OH is 1. The van der Waals surface area contributed by atoms with Crippen molar-refractivity contribution in [2.45, 2.75) is 64.3 Å². The molecule has 0 bridgehead atoms. The summed E-state index contributed by atoms with van der Waals surface area (Å²) in [5, 5.41) is 11.8. The zero-order valence-corrected chi connectivity index (χ0v) is 27.3.